The van der Waals surface area contributed by atoms with Crippen LogP contribution in [0.3, 0.4) is 0 Å². The molecular formula is C16H20ClN3O. The van der Waals surface area contributed by atoms with Crippen LogP contribution in [0, 0.1) is 13.8 Å². The van der Waals surface area contributed by atoms with E-state index >= 15 is 0 Å². The molecule has 1 aromatic heterocycles. The number of hydrogen-bond acceptors (Lipinski definition) is 4. The predicted molar refractivity (Wildman–Crippen MR) is 86.3 cm³/mol. The lowest BCUT2D eigenvalue weighted by Gasteiger charge is -2.12. The van der Waals surface area contributed by atoms with E-state index in [1.165, 1.54) is 5.56 Å². The van der Waals surface area contributed by atoms with Crippen molar-refractivity contribution in [2.45, 2.75) is 27.2 Å². The highest BCUT2D eigenvalue weighted by atomic mass is 35.5. The van der Waals surface area contributed by atoms with Crippen molar-refractivity contribution in [1.29, 1.82) is 0 Å². The molecule has 21 heavy (non-hydrogen) atoms. The molecule has 0 atom stereocenters. The van der Waals surface area contributed by atoms with E-state index in [1.807, 2.05) is 45.0 Å². The molecule has 1 aromatic carbocycles. The smallest absolute Gasteiger partial charge is 0.137 e. The minimum Gasteiger partial charge on any atom is -0.492 e. The molecule has 0 aliphatic heterocycles. The summed E-state index contributed by atoms with van der Waals surface area (Å²) in [6.45, 7) is 7.18. The Hall–Kier alpha value is -1.81. The van der Waals surface area contributed by atoms with Crippen molar-refractivity contribution in [3.8, 4) is 5.75 Å². The van der Waals surface area contributed by atoms with Gasteiger partial charge in [-0.15, -0.1) is 0 Å². The van der Waals surface area contributed by atoms with Crippen LogP contribution in [0.4, 0.5) is 5.82 Å². The van der Waals surface area contributed by atoms with Crippen LogP contribution in [-0.2, 0) is 6.42 Å². The molecule has 4 nitrogen and oxygen atoms in total. The predicted octanol–water partition coefficient (Wildman–Crippen LogP) is 3.80. The molecule has 112 valence electrons. The fraction of sp³-hybridized carbons (Fsp3) is 0.375. The normalized spacial score (nSPS) is 10.5. The van der Waals surface area contributed by atoms with Crippen molar-refractivity contribution in [2.75, 3.05) is 18.5 Å². The first kappa shape index (κ1) is 15.6. The summed E-state index contributed by atoms with van der Waals surface area (Å²) in [5, 5.41) is 3.76. The Balaban J connectivity index is 1.90. The number of nitrogens with one attached hydrogen (secondary N) is 1. The standard InChI is InChI=1S/C16H20ClN3O/c1-4-14-19-15(17)12(3)16(20-14)18-8-9-21-13-7-5-6-11(2)10-13/h5-7,10H,4,8-9H2,1-3H3,(H,18,19,20). The first-order valence-corrected chi connectivity index (χ1v) is 7.44. The number of halogens is 1. The van der Waals surface area contributed by atoms with Gasteiger partial charge < -0.3 is 10.1 Å². The van der Waals surface area contributed by atoms with E-state index in [1.54, 1.807) is 0 Å². The van der Waals surface area contributed by atoms with Crippen molar-refractivity contribution < 1.29 is 4.74 Å². The zero-order chi connectivity index (χ0) is 15.2. The Kier molecular flexibility index (Phi) is 5.39. The zero-order valence-corrected chi connectivity index (χ0v) is 13.4. The third kappa shape index (κ3) is 4.33. The number of aromatic nitrogens is 2. The van der Waals surface area contributed by atoms with E-state index in [4.69, 9.17) is 16.3 Å². The van der Waals surface area contributed by atoms with Crippen LogP contribution in [0.5, 0.6) is 5.75 Å². The molecule has 0 saturated heterocycles. The van der Waals surface area contributed by atoms with Gasteiger partial charge in [0, 0.05) is 12.0 Å². The second-order valence-electron chi connectivity index (χ2n) is 4.85. The largest absolute Gasteiger partial charge is 0.492 e. The molecule has 0 aliphatic carbocycles. The van der Waals surface area contributed by atoms with Crippen LogP contribution in [0.15, 0.2) is 24.3 Å². The number of hydrogen-bond donors (Lipinski definition) is 1. The van der Waals surface area contributed by atoms with Gasteiger partial charge in [0.1, 0.15) is 29.2 Å². The summed E-state index contributed by atoms with van der Waals surface area (Å²) >= 11 is 6.10. The molecule has 0 saturated carbocycles. The van der Waals surface area contributed by atoms with Gasteiger partial charge >= 0.3 is 0 Å². The number of ether oxygens (including phenoxy) is 1. The molecule has 0 radical (unpaired) electrons. The quantitative estimate of drug-likeness (QED) is 0.651. The van der Waals surface area contributed by atoms with Gasteiger partial charge in [0.2, 0.25) is 0 Å². The molecular weight excluding hydrogens is 286 g/mol. The van der Waals surface area contributed by atoms with Gasteiger partial charge in [-0.1, -0.05) is 30.7 Å². The van der Waals surface area contributed by atoms with Crippen LogP contribution in [0.2, 0.25) is 5.15 Å². The van der Waals surface area contributed by atoms with Gasteiger partial charge in [0.25, 0.3) is 0 Å². The minimum absolute atomic E-state index is 0.504. The topological polar surface area (TPSA) is 47.0 Å². The molecule has 0 aliphatic rings. The Morgan fingerprint density at radius 2 is 2.05 bits per heavy atom. The van der Waals surface area contributed by atoms with Crippen molar-refractivity contribution in [3.63, 3.8) is 0 Å². The van der Waals surface area contributed by atoms with Crippen molar-refractivity contribution >= 4 is 17.4 Å². The van der Waals surface area contributed by atoms with E-state index in [0.717, 1.165) is 29.4 Å². The summed E-state index contributed by atoms with van der Waals surface area (Å²) in [6, 6.07) is 8.00. The average Bonchev–Trinajstić information content (AvgIpc) is 2.47. The fourth-order valence-electron chi connectivity index (χ4n) is 1.91. The van der Waals surface area contributed by atoms with Crippen molar-refractivity contribution in [1.82, 2.24) is 9.97 Å². The molecule has 0 unspecified atom stereocenters. The average molecular weight is 306 g/mol. The third-order valence-corrected chi connectivity index (χ3v) is 3.47. The summed E-state index contributed by atoms with van der Waals surface area (Å²) < 4.78 is 5.70. The van der Waals surface area contributed by atoms with E-state index in [0.29, 0.717) is 18.3 Å². The number of nitrogens with zero attached hydrogens (tertiary/aromatic N) is 2. The molecule has 2 aromatic rings. The molecule has 1 heterocycles. The van der Waals surface area contributed by atoms with Gasteiger partial charge in [0.15, 0.2) is 0 Å². The van der Waals surface area contributed by atoms with Crippen molar-refractivity contribution in [2.24, 2.45) is 0 Å². The molecule has 0 fully saturated rings. The summed E-state index contributed by atoms with van der Waals surface area (Å²) in [5.41, 5.74) is 2.05. The maximum atomic E-state index is 6.10. The fourth-order valence-corrected chi connectivity index (χ4v) is 2.09. The zero-order valence-electron chi connectivity index (χ0n) is 12.6. The van der Waals surface area contributed by atoms with Crippen LogP contribution < -0.4 is 10.1 Å². The summed E-state index contributed by atoms with van der Waals surface area (Å²) in [4.78, 5) is 8.67. The Morgan fingerprint density at radius 1 is 1.24 bits per heavy atom. The summed E-state index contributed by atoms with van der Waals surface area (Å²) in [7, 11) is 0. The number of anilines is 1. The number of benzene rings is 1. The Labute approximate surface area is 130 Å². The van der Waals surface area contributed by atoms with Crippen LogP contribution in [0.25, 0.3) is 0 Å². The Morgan fingerprint density at radius 3 is 2.76 bits per heavy atom. The summed E-state index contributed by atoms with van der Waals surface area (Å²) in [5.74, 6) is 2.40. The molecule has 5 heteroatoms. The highest BCUT2D eigenvalue weighted by molar-refractivity contribution is 6.30. The van der Waals surface area contributed by atoms with Crippen molar-refractivity contribution in [3.05, 3.63) is 46.4 Å². The highest BCUT2D eigenvalue weighted by Crippen LogP contribution is 2.20. The van der Waals surface area contributed by atoms with Gasteiger partial charge in [0.05, 0.1) is 6.54 Å². The van der Waals surface area contributed by atoms with Crippen LogP contribution in [-0.4, -0.2) is 23.1 Å². The molecule has 0 bridgehead atoms. The third-order valence-electron chi connectivity index (χ3n) is 3.10. The second kappa shape index (κ2) is 7.27. The van der Waals surface area contributed by atoms with E-state index in [2.05, 4.69) is 15.3 Å². The number of rotatable bonds is 6. The van der Waals surface area contributed by atoms with Gasteiger partial charge in [-0.25, -0.2) is 9.97 Å². The minimum atomic E-state index is 0.504. The SMILES string of the molecule is CCc1nc(Cl)c(C)c(NCCOc2cccc(C)c2)n1. The number of aryl methyl sites for hydroxylation is 2. The molecule has 0 spiro atoms. The molecule has 1 N–H and O–H groups in total. The van der Waals surface area contributed by atoms with E-state index in [9.17, 15) is 0 Å². The van der Waals surface area contributed by atoms with Gasteiger partial charge in [-0.2, -0.15) is 0 Å². The van der Waals surface area contributed by atoms with Gasteiger partial charge in [-0.3, -0.25) is 0 Å². The second-order valence-corrected chi connectivity index (χ2v) is 5.21. The lowest BCUT2D eigenvalue weighted by Crippen LogP contribution is -2.14. The van der Waals surface area contributed by atoms with E-state index in [-0.39, 0.29) is 0 Å². The van der Waals surface area contributed by atoms with Gasteiger partial charge in [-0.05, 0) is 31.5 Å². The highest BCUT2D eigenvalue weighted by Gasteiger charge is 2.08. The molecule has 2 rings (SSSR count). The first-order chi connectivity index (χ1) is 10.1. The lowest BCUT2D eigenvalue weighted by molar-refractivity contribution is 0.332. The van der Waals surface area contributed by atoms with Crippen LogP contribution in [0.1, 0.15) is 23.9 Å². The Bertz CT molecular complexity index is 616. The van der Waals surface area contributed by atoms with E-state index < -0.39 is 0 Å². The van der Waals surface area contributed by atoms with Crippen LogP contribution >= 0.6 is 11.6 Å². The maximum absolute atomic E-state index is 6.10. The maximum Gasteiger partial charge on any atom is 0.137 e. The lowest BCUT2D eigenvalue weighted by atomic mass is 10.2. The molecule has 0 amide bonds. The monoisotopic (exact) mass is 305 g/mol. The summed E-state index contributed by atoms with van der Waals surface area (Å²) in [6.07, 6.45) is 0.758. The first-order valence-electron chi connectivity index (χ1n) is 7.06.